The first-order valence-corrected chi connectivity index (χ1v) is 11.7. The molecule has 28 heavy (non-hydrogen) atoms. The molecule has 0 bridgehead atoms. The van der Waals surface area contributed by atoms with Gasteiger partial charge in [-0.2, -0.15) is 5.26 Å². The molecule has 2 aromatic rings. The van der Waals surface area contributed by atoms with Gasteiger partial charge in [-0.15, -0.1) is 11.8 Å². The van der Waals surface area contributed by atoms with Crippen LogP contribution in [0.4, 0.5) is 5.69 Å². The highest BCUT2D eigenvalue weighted by Crippen LogP contribution is 2.42. The van der Waals surface area contributed by atoms with Crippen LogP contribution in [0.1, 0.15) is 32.1 Å². The maximum atomic E-state index is 13.4. The number of nitrogens with one attached hydrogen (secondary N) is 1. The third-order valence-electron chi connectivity index (χ3n) is 5.00. The van der Waals surface area contributed by atoms with Gasteiger partial charge in [-0.3, -0.25) is 4.79 Å². The van der Waals surface area contributed by atoms with E-state index in [4.69, 9.17) is 5.26 Å². The van der Waals surface area contributed by atoms with Crippen molar-refractivity contribution in [2.75, 3.05) is 11.1 Å². The van der Waals surface area contributed by atoms with Crippen molar-refractivity contribution in [1.82, 2.24) is 0 Å². The lowest BCUT2D eigenvalue weighted by atomic mass is 10.1. The monoisotopic (exact) mass is 414 g/mol. The predicted molar refractivity (Wildman–Crippen MR) is 111 cm³/mol. The highest BCUT2D eigenvalue weighted by Gasteiger charge is 2.53. The number of nitriles is 1. The molecule has 0 radical (unpaired) electrons. The number of hydrogen-bond donors (Lipinski definition) is 1. The Morgan fingerprint density at radius 1 is 1.07 bits per heavy atom. The highest BCUT2D eigenvalue weighted by molar-refractivity contribution is 7.99. The average Bonchev–Trinajstić information content (AvgIpc) is 3.22. The number of carbonyl (C=O) groups excluding carboxylic acids is 1. The van der Waals surface area contributed by atoms with Crippen molar-refractivity contribution in [1.29, 1.82) is 5.26 Å². The third-order valence-corrected chi connectivity index (χ3v) is 8.59. The summed E-state index contributed by atoms with van der Waals surface area (Å²) >= 11 is 1.47. The number of carbonyl (C=O) groups is 1. The summed E-state index contributed by atoms with van der Waals surface area (Å²) in [5.74, 6) is 0.138. The fraction of sp³-hybridized carbons (Fsp3) is 0.333. The van der Waals surface area contributed by atoms with Crippen molar-refractivity contribution in [3.8, 4) is 6.07 Å². The summed E-state index contributed by atoms with van der Waals surface area (Å²) in [4.78, 5) is 14.3. The van der Waals surface area contributed by atoms with Crippen LogP contribution >= 0.6 is 11.8 Å². The first-order chi connectivity index (χ1) is 13.5. The molecule has 146 valence electrons. The zero-order valence-electron chi connectivity index (χ0n) is 15.4. The van der Waals surface area contributed by atoms with Gasteiger partial charge in [0.05, 0.1) is 16.7 Å². The predicted octanol–water partition coefficient (Wildman–Crippen LogP) is 4.42. The zero-order chi connectivity index (χ0) is 20.0. The summed E-state index contributed by atoms with van der Waals surface area (Å²) < 4.78 is 25.3. The molecule has 1 saturated carbocycles. The number of hydrogen-bond acceptors (Lipinski definition) is 5. The Hall–Kier alpha value is -2.30. The molecule has 0 spiro atoms. The summed E-state index contributed by atoms with van der Waals surface area (Å²) in [6, 6.07) is 17.6. The van der Waals surface area contributed by atoms with Crippen LogP contribution in [0.3, 0.4) is 0 Å². The van der Waals surface area contributed by atoms with E-state index in [9.17, 15) is 13.2 Å². The SMILES string of the molecule is N#CCCSc1ccccc1NC(=O)C1(S(=O)(=O)c2ccccc2)CCCC1. The molecule has 3 rings (SSSR count). The van der Waals surface area contributed by atoms with Crippen molar-refractivity contribution in [2.24, 2.45) is 0 Å². The van der Waals surface area contributed by atoms with E-state index in [2.05, 4.69) is 11.4 Å². The Morgan fingerprint density at radius 2 is 1.71 bits per heavy atom. The van der Waals surface area contributed by atoms with Crippen LogP contribution in [0.25, 0.3) is 0 Å². The van der Waals surface area contributed by atoms with Crippen LogP contribution in [0, 0.1) is 11.3 Å². The molecule has 1 fully saturated rings. The number of benzene rings is 2. The quantitative estimate of drug-likeness (QED) is 0.535. The highest BCUT2D eigenvalue weighted by atomic mass is 32.2. The summed E-state index contributed by atoms with van der Waals surface area (Å²) in [6.07, 6.45) is 2.45. The minimum absolute atomic E-state index is 0.184. The van der Waals surface area contributed by atoms with Crippen LogP contribution < -0.4 is 5.32 Å². The molecular weight excluding hydrogens is 392 g/mol. The van der Waals surface area contributed by atoms with E-state index in [1.165, 1.54) is 11.8 Å². The van der Waals surface area contributed by atoms with Gasteiger partial charge in [0.1, 0.15) is 0 Å². The third kappa shape index (κ3) is 3.94. The van der Waals surface area contributed by atoms with E-state index in [-0.39, 0.29) is 4.90 Å². The fourth-order valence-electron chi connectivity index (χ4n) is 3.53. The maximum Gasteiger partial charge on any atom is 0.246 e. The van der Waals surface area contributed by atoms with Gasteiger partial charge in [-0.25, -0.2) is 8.42 Å². The molecule has 5 nitrogen and oxygen atoms in total. The number of sulfone groups is 1. The van der Waals surface area contributed by atoms with Crippen LogP contribution in [0.15, 0.2) is 64.4 Å². The minimum Gasteiger partial charge on any atom is -0.324 e. The molecule has 1 amide bonds. The second kappa shape index (κ2) is 8.80. The Kier molecular flexibility index (Phi) is 6.42. The molecule has 0 saturated heterocycles. The van der Waals surface area contributed by atoms with Crippen molar-refractivity contribution < 1.29 is 13.2 Å². The van der Waals surface area contributed by atoms with Crippen molar-refractivity contribution in [3.05, 3.63) is 54.6 Å². The number of para-hydroxylation sites is 1. The molecule has 0 aromatic heterocycles. The smallest absolute Gasteiger partial charge is 0.246 e. The number of anilines is 1. The van der Waals surface area contributed by atoms with E-state index in [0.29, 0.717) is 43.5 Å². The normalized spacial score (nSPS) is 15.7. The first kappa shape index (κ1) is 20.4. The van der Waals surface area contributed by atoms with Crippen molar-refractivity contribution >= 4 is 33.2 Å². The van der Waals surface area contributed by atoms with E-state index in [1.807, 2.05) is 12.1 Å². The molecule has 1 aliphatic rings. The van der Waals surface area contributed by atoms with E-state index in [0.717, 1.165) is 4.90 Å². The van der Waals surface area contributed by atoms with Crippen LogP contribution in [-0.2, 0) is 14.6 Å². The molecule has 0 heterocycles. The lowest BCUT2D eigenvalue weighted by molar-refractivity contribution is -0.118. The molecule has 0 aliphatic heterocycles. The Labute approximate surface area is 170 Å². The van der Waals surface area contributed by atoms with Crippen LogP contribution in [0.2, 0.25) is 0 Å². The Bertz CT molecular complexity index is 976. The molecule has 1 aliphatic carbocycles. The summed E-state index contributed by atoms with van der Waals surface area (Å²) in [5, 5.41) is 11.6. The van der Waals surface area contributed by atoms with Crippen LogP contribution in [0.5, 0.6) is 0 Å². The second-order valence-corrected chi connectivity index (χ2v) is 10.1. The lowest BCUT2D eigenvalue weighted by Gasteiger charge is -2.28. The summed E-state index contributed by atoms with van der Waals surface area (Å²) in [6.45, 7) is 0. The van der Waals surface area contributed by atoms with Gasteiger partial charge in [0.15, 0.2) is 14.6 Å². The molecule has 2 aromatic carbocycles. The van der Waals surface area contributed by atoms with E-state index in [1.54, 1.807) is 42.5 Å². The average molecular weight is 415 g/mol. The molecule has 1 N–H and O–H groups in total. The number of rotatable bonds is 7. The van der Waals surface area contributed by atoms with Gasteiger partial charge in [0, 0.05) is 17.1 Å². The lowest BCUT2D eigenvalue weighted by Crippen LogP contribution is -2.47. The van der Waals surface area contributed by atoms with Gasteiger partial charge >= 0.3 is 0 Å². The van der Waals surface area contributed by atoms with Gasteiger partial charge in [-0.1, -0.05) is 43.2 Å². The van der Waals surface area contributed by atoms with Crippen LogP contribution in [-0.4, -0.2) is 24.8 Å². The molecular formula is C21H22N2O3S2. The zero-order valence-corrected chi connectivity index (χ0v) is 17.1. The summed E-state index contributed by atoms with van der Waals surface area (Å²) in [7, 11) is -3.82. The standard InChI is InChI=1S/C21H22N2O3S2/c22-15-8-16-27-19-12-5-4-11-18(19)23-20(24)21(13-6-7-14-21)28(25,26)17-9-2-1-3-10-17/h1-5,9-12H,6-8,13-14,16H2,(H,23,24). The van der Waals surface area contributed by atoms with E-state index < -0.39 is 20.5 Å². The molecule has 0 atom stereocenters. The van der Waals surface area contributed by atoms with Gasteiger partial charge in [0.2, 0.25) is 5.91 Å². The number of nitrogens with zero attached hydrogens (tertiary/aromatic N) is 1. The Balaban J connectivity index is 1.91. The number of thioether (sulfide) groups is 1. The first-order valence-electron chi connectivity index (χ1n) is 9.21. The van der Waals surface area contributed by atoms with Crippen molar-refractivity contribution in [3.63, 3.8) is 0 Å². The molecule has 0 unspecified atom stereocenters. The van der Waals surface area contributed by atoms with Gasteiger partial charge < -0.3 is 5.32 Å². The fourth-order valence-corrected chi connectivity index (χ4v) is 6.48. The largest absolute Gasteiger partial charge is 0.324 e. The van der Waals surface area contributed by atoms with E-state index >= 15 is 0 Å². The van der Waals surface area contributed by atoms with Gasteiger partial charge in [0.25, 0.3) is 0 Å². The van der Waals surface area contributed by atoms with Crippen molar-refractivity contribution in [2.45, 2.75) is 46.6 Å². The topological polar surface area (TPSA) is 87.0 Å². The van der Waals surface area contributed by atoms with Gasteiger partial charge in [-0.05, 0) is 37.1 Å². The maximum absolute atomic E-state index is 13.4. The minimum atomic E-state index is -3.82. The molecule has 7 heteroatoms. The number of amides is 1. The summed E-state index contributed by atoms with van der Waals surface area (Å²) in [5.41, 5.74) is 0.588. The second-order valence-electron chi connectivity index (χ2n) is 6.72. The Morgan fingerprint density at radius 3 is 2.39 bits per heavy atom.